The number of halogens is 2. The number of nitrogens with two attached hydrogens (primary N) is 1. The third kappa shape index (κ3) is 5.34. The second-order valence-corrected chi connectivity index (χ2v) is 7.72. The number of primary sulfonamides is 1. The van der Waals surface area contributed by atoms with E-state index < -0.39 is 43.0 Å². The van der Waals surface area contributed by atoms with E-state index in [0.717, 1.165) is 12.1 Å². The molecule has 10 heteroatoms. The van der Waals surface area contributed by atoms with Gasteiger partial charge in [-0.25, -0.2) is 17.9 Å². The number of amides is 1. The molecule has 0 radical (unpaired) electrons. The standard InChI is InChI=1S/C11H14ClFN2O4S2/c1-20(17)4-2-3-15-11(16)8-5-7(12)6-9(10(8)13)21(14,18)19/h5-6H,2-4H2,1H3,(H,15,16)(H2,14,18,19). The number of carbonyl (C=O) groups excluding carboxylic acids is 1. The number of nitrogens with one attached hydrogen (secondary N) is 1. The van der Waals surface area contributed by atoms with Crippen molar-refractivity contribution in [2.75, 3.05) is 18.6 Å². The summed E-state index contributed by atoms with van der Waals surface area (Å²) in [6.07, 6.45) is 1.97. The Kier molecular flexibility index (Phi) is 6.26. The van der Waals surface area contributed by atoms with Gasteiger partial charge in [-0.2, -0.15) is 0 Å². The smallest absolute Gasteiger partial charge is 0.254 e. The van der Waals surface area contributed by atoms with Crippen LogP contribution in [0.15, 0.2) is 17.0 Å². The van der Waals surface area contributed by atoms with Crippen molar-refractivity contribution in [1.82, 2.24) is 5.32 Å². The topological polar surface area (TPSA) is 106 Å². The highest BCUT2D eigenvalue weighted by molar-refractivity contribution is 7.89. The van der Waals surface area contributed by atoms with Crippen molar-refractivity contribution in [2.45, 2.75) is 11.3 Å². The van der Waals surface area contributed by atoms with Gasteiger partial charge in [0.15, 0.2) is 5.82 Å². The Labute approximate surface area is 129 Å². The summed E-state index contributed by atoms with van der Waals surface area (Å²) < 4.78 is 47.3. The Bertz CT molecular complexity index is 679. The van der Waals surface area contributed by atoms with E-state index in [1.54, 1.807) is 0 Å². The van der Waals surface area contributed by atoms with E-state index in [1.165, 1.54) is 6.26 Å². The average Bonchev–Trinajstić information content (AvgIpc) is 2.35. The summed E-state index contributed by atoms with van der Waals surface area (Å²) in [5.74, 6) is -1.68. The maximum absolute atomic E-state index is 14.0. The SMILES string of the molecule is CS(=O)CCCNC(=O)c1cc(Cl)cc(S(N)(=O)=O)c1F. The molecule has 0 aliphatic heterocycles. The van der Waals surface area contributed by atoms with E-state index in [1.807, 2.05) is 0 Å². The van der Waals surface area contributed by atoms with E-state index in [2.05, 4.69) is 5.32 Å². The average molecular weight is 357 g/mol. The molecule has 0 saturated carbocycles. The van der Waals surface area contributed by atoms with E-state index in [4.69, 9.17) is 16.7 Å². The first-order valence-corrected chi connectivity index (χ1v) is 9.38. The number of carbonyl (C=O) groups is 1. The van der Waals surface area contributed by atoms with Gasteiger partial charge in [-0.05, 0) is 18.6 Å². The molecule has 1 aromatic carbocycles. The van der Waals surface area contributed by atoms with Crippen LogP contribution in [-0.2, 0) is 20.8 Å². The third-order valence-corrected chi connectivity index (χ3v) is 4.44. The zero-order valence-electron chi connectivity index (χ0n) is 11.1. The molecule has 0 fully saturated rings. The van der Waals surface area contributed by atoms with Crippen LogP contribution < -0.4 is 10.5 Å². The maximum Gasteiger partial charge on any atom is 0.254 e. The summed E-state index contributed by atoms with van der Waals surface area (Å²) in [5, 5.41) is 7.13. The largest absolute Gasteiger partial charge is 0.352 e. The molecule has 6 nitrogen and oxygen atoms in total. The van der Waals surface area contributed by atoms with Gasteiger partial charge >= 0.3 is 0 Å². The summed E-state index contributed by atoms with van der Waals surface area (Å²) in [5.41, 5.74) is -0.510. The molecule has 21 heavy (non-hydrogen) atoms. The van der Waals surface area contributed by atoms with Crippen molar-refractivity contribution in [3.05, 3.63) is 28.5 Å². The van der Waals surface area contributed by atoms with Crippen molar-refractivity contribution in [3.63, 3.8) is 0 Å². The van der Waals surface area contributed by atoms with E-state index in [-0.39, 0.29) is 11.6 Å². The van der Waals surface area contributed by atoms with Gasteiger partial charge in [0.2, 0.25) is 10.0 Å². The Morgan fingerprint density at radius 3 is 2.62 bits per heavy atom. The number of benzene rings is 1. The van der Waals surface area contributed by atoms with Gasteiger partial charge in [0, 0.05) is 34.4 Å². The third-order valence-electron chi connectivity index (χ3n) is 2.45. The molecule has 1 aromatic rings. The van der Waals surface area contributed by atoms with Crippen molar-refractivity contribution in [1.29, 1.82) is 0 Å². The number of hydrogen-bond donors (Lipinski definition) is 2. The van der Waals surface area contributed by atoms with Gasteiger partial charge in [0.05, 0.1) is 5.56 Å². The summed E-state index contributed by atoms with van der Waals surface area (Å²) >= 11 is 5.67. The molecule has 0 saturated heterocycles. The molecule has 118 valence electrons. The molecule has 1 atom stereocenters. The lowest BCUT2D eigenvalue weighted by molar-refractivity contribution is 0.0949. The van der Waals surface area contributed by atoms with Crippen LogP contribution in [0.2, 0.25) is 5.02 Å². The van der Waals surface area contributed by atoms with Crippen LogP contribution in [0, 0.1) is 5.82 Å². The van der Waals surface area contributed by atoms with Crippen molar-refractivity contribution < 1.29 is 21.8 Å². The molecule has 0 bridgehead atoms. The van der Waals surface area contributed by atoms with Crippen molar-refractivity contribution in [2.24, 2.45) is 5.14 Å². The first kappa shape index (κ1) is 18.0. The van der Waals surface area contributed by atoms with Gasteiger partial charge in [-0.3, -0.25) is 9.00 Å². The van der Waals surface area contributed by atoms with Gasteiger partial charge in [0.25, 0.3) is 5.91 Å². The Balaban J connectivity index is 2.95. The fraction of sp³-hybridized carbons (Fsp3) is 0.364. The Morgan fingerprint density at radius 2 is 2.10 bits per heavy atom. The molecule has 1 amide bonds. The molecule has 0 spiro atoms. The maximum atomic E-state index is 14.0. The summed E-state index contributed by atoms with van der Waals surface area (Å²) in [6.45, 7) is 0.176. The van der Waals surface area contributed by atoms with Crippen LogP contribution in [0.5, 0.6) is 0 Å². The quantitative estimate of drug-likeness (QED) is 0.729. The molecular weight excluding hydrogens is 343 g/mol. The molecule has 1 unspecified atom stereocenters. The molecule has 1 rings (SSSR count). The number of sulfonamides is 1. The minimum Gasteiger partial charge on any atom is -0.352 e. The monoisotopic (exact) mass is 356 g/mol. The first-order chi connectivity index (χ1) is 9.62. The van der Waals surface area contributed by atoms with E-state index in [9.17, 15) is 21.8 Å². The summed E-state index contributed by atoms with van der Waals surface area (Å²) in [7, 11) is -5.32. The second kappa shape index (κ2) is 7.30. The highest BCUT2D eigenvalue weighted by Gasteiger charge is 2.22. The number of rotatable bonds is 6. The van der Waals surface area contributed by atoms with Gasteiger partial charge in [-0.1, -0.05) is 11.6 Å². The van der Waals surface area contributed by atoms with Crippen LogP contribution in [0.1, 0.15) is 16.8 Å². The highest BCUT2D eigenvalue weighted by Crippen LogP contribution is 2.22. The zero-order chi connectivity index (χ0) is 16.2. The predicted octanol–water partition coefficient (Wildman–Crippen LogP) is 0.625. The summed E-state index contributed by atoms with van der Waals surface area (Å²) in [6, 6.07) is 1.85. The van der Waals surface area contributed by atoms with Gasteiger partial charge < -0.3 is 5.32 Å². The minimum absolute atomic E-state index is 0.125. The molecule has 0 aromatic heterocycles. The van der Waals surface area contributed by atoms with Crippen LogP contribution in [0.3, 0.4) is 0 Å². The lowest BCUT2D eigenvalue weighted by Gasteiger charge is -2.09. The molecule has 3 N–H and O–H groups in total. The van der Waals surface area contributed by atoms with Crippen LogP contribution in [0.25, 0.3) is 0 Å². The molecule has 0 aliphatic rings. The second-order valence-electron chi connectivity index (χ2n) is 4.20. The van der Waals surface area contributed by atoms with Crippen LogP contribution in [-0.4, -0.2) is 37.1 Å². The summed E-state index contributed by atoms with van der Waals surface area (Å²) in [4.78, 5) is 11.0. The molecular formula is C11H14ClFN2O4S2. The van der Waals surface area contributed by atoms with Crippen molar-refractivity contribution in [3.8, 4) is 0 Å². The van der Waals surface area contributed by atoms with Crippen molar-refractivity contribution >= 4 is 38.3 Å². The van der Waals surface area contributed by atoms with Gasteiger partial charge in [-0.15, -0.1) is 0 Å². The van der Waals surface area contributed by atoms with Crippen LogP contribution in [0.4, 0.5) is 4.39 Å². The number of hydrogen-bond acceptors (Lipinski definition) is 4. The Hall–Kier alpha value is -1.03. The predicted molar refractivity (Wildman–Crippen MR) is 78.7 cm³/mol. The molecule has 0 heterocycles. The van der Waals surface area contributed by atoms with Gasteiger partial charge in [0.1, 0.15) is 4.90 Å². The Morgan fingerprint density at radius 1 is 1.48 bits per heavy atom. The first-order valence-electron chi connectivity index (χ1n) is 5.73. The van der Waals surface area contributed by atoms with E-state index >= 15 is 0 Å². The molecule has 0 aliphatic carbocycles. The zero-order valence-corrected chi connectivity index (χ0v) is 13.4. The lowest BCUT2D eigenvalue weighted by atomic mass is 10.2. The fourth-order valence-corrected chi connectivity index (χ4v) is 2.99. The lowest BCUT2D eigenvalue weighted by Crippen LogP contribution is -2.27. The fourth-order valence-electron chi connectivity index (χ4n) is 1.51. The van der Waals surface area contributed by atoms with Crippen LogP contribution >= 0.6 is 11.6 Å². The minimum atomic E-state index is -4.33. The normalized spacial score (nSPS) is 13.0. The highest BCUT2D eigenvalue weighted by atomic mass is 35.5. The van der Waals surface area contributed by atoms with E-state index in [0.29, 0.717) is 12.2 Å².